The summed E-state index contributed by atoms with van der Waals surface area (Å²) in [5.41, 5.74) is 0. The minimum absolute atomic E-state index is 0.818. The van der Waals surface area contributed by atoms with Crippen LogP contribution in [0.25, 0.3) is 0 Å². The highest BCUT2D eigenvalue weighted by Gasteiger charge is 2.07. The normalized spacial score (nSPS) is 16.0. The average Bonchev–Trinajstić information content (AvgIpc) is 2.41. The molecule has 0 saturated carbocycles. The summed E-state index contributed by atoms with van der Waals surface area (Å²) >= 11 is 0. The Kier molecular flexibility index (Phi) is 4.93. The van der Waals surface area contributed by atoms with Crippen molar-refractivity contribution in [1.82, 2.24) is 4.90 Å². The molecular formula is C15H19NO. The van der Waals surface area contributed by atoms with Crippen LogP contribution in [0.5, 0.6) is 5.75 Å². The number of piperidine rings is 1. The molecule has 1 aromatic rings. The molecule has 2 heteroatoms. The Bertz CT molecular complexity index is 371. The van der Waals surface area contributed by atoms with E-state index in [-0.39, 0.29) is 0 Å². The molecule has 2 rings (SSSR count). The zero-order valence-corrected chi connectivity index (χ0v) is 10.2. The monoisotopic (exact) mass is 229 g/mol. The van der Waals surface area contributed by atoms with E-state index in [0.717, 1.165) is 18.7 Å². The van der Waals surface area contributed by atoms with Crippen molar-refractivity contribution in [2.45, 2.75) is 25.7 Å². The second-order valence-electron chi connectivity index (χ2n) is 4.35. The van der Waals surface area contributed by atoms with Crippen LogP contribution in [-0.2, 0) is 0 Å². The summed E-state index contributed by atoms with van der Waals surface area (Å²) in [5, 5.41) is 0. The lowest BCUT2D eigenvalue weighted by atomic mass is 10.1. The summed E-state index contributed by atoms with van der Waals surface area (Å²) in [7, 11) is 0. The van der Waals surface area contributed by atoms with Crippen LogP contribution in [0.2, 0.25) is 0 Å². The molecule has 0 amide bonds. The Morgan fingerprint density at radius 3 is 2.59 bits per heavy atom. The van der Waals surface area contributed by atoms with Gasteiger partial charge >= 0.3 is 0 Å². The van der Waals surface area contributed by atoms with Crippen LogP contribution in [0.4, 0.5) is 0 Å². The number of para-hydroxylation sites is 1. The Balaban J connectivity index is 1.65. The zero-order valence-electron chi connectivity index (χ0n) is 10.2. The number of nitrogens with zero attached hydrogens (tertiary/aromatic N) is 1. The highest BCUT2D eigenvalue weighted by atomic mass is 16.5. The summed E-state index contributed by atoms with van der Waals surface area (Å²) in [6, 6.07) is 9.70. The van der Waals surface area contributed by atoms with E-state index < -0.39 is 0 Å². The van der Waals surface area contributed by atoms with Crippen LogP contribution < -0.4 is 4.74 Å². The van der Waals surface area contributed by atoms with Gasteiger partial charge < -0.3 is 9.64 Å². The molecule has 0 aromatic heterocycles. The molecule has 1 fully saturated rings. The highest BCUT2D eigenvalue weighted by Crippen LogP contribution is 2.09. The number of hydrogen-bond donors (Lipinski definition) is 0. The fourth-order valence-electron chi connectivity index (χ4n) is 2.03. The van der Waals surface area contributed by atoms with Crippen molar-refractivity contribution in [3.05, 3.63) is 30.3 Å². The molecule has 0 radical (unpaired) electrons. The van der Waals surface area contributed by atoms with Crippen molar-refractivity contribution in [2.75, 3.05) is 19.6 Å². The molecule has 1 heterocycles. The highest BCUT2D eigenvalue weighted by molar-refractivity contribution is 5.22. The molecule has 1 aromatic carbocycles. The number of ether oxygens (including phenoxy) is 1. The third-order valence-corrected chi connectivity index (χ3v) is 2.99. The quantitative estimate of drug-likeness (QED) is 0.739. The van der Waals surface area contributed by atoms with Crippen molar-refractivity contribution in [3.8, 4) is 17.8 Å². The fraction of sp³-hybridized carbons (Fsp3) is 0.467. The molecule has 17 heavy (non-hydrogen) atoms. The van der Waals surface area contributed by atoms with Gasteiger partial charge in [0.25, 0.3) is 0 Å². The summed E-state index contributed by atoms with van der Waals surface area (Å²) in [6.45, 7) is 3.55. The van der Waals surface area contributed by atoms with E-state index in [9.17, 15) is 0 Å². The topological polar surface area (TPSA) is 12.5 Å². The number of likely N-dealkylation sites (tertiary alicyclic amines) is 1. The maximum absolute atomic E-state index is 5.32. The van der Waals surface area contributed by atoms with E-state index in [1.165, 1.54) is 32.4 Å². The van der Waals surface area contributed by atoms with E-state index in [2.05, 4.69) is 16.9 Å². The largest absolute Gasteiger partial charge is 0.408 e. The number of hydrogen-bond acceptors (Lipinski definition) is 2. The lowest BCUT2D eigenvalue weighted by Gasteiger charge is -2.25. The third kappa shape index (κ3) is 4.50. The predicted octanol–water partition coefficient (Wildman–Crippen LogP) is 2.90. The zero-order chi connectivity index (χ0) is 11.8. The first kappa shape index (κ1) is 12.0. The van der Waals surface area contributed by atoms with Crippen LogP contribution in [0.15, 0.2) is 30.3 Å². The molecule has 0 aliphatic carbocycles. The molecule has 0 bridgehead atoms. The van der Waals surface area contributed by atoms with Crippen molar-refractivity contribution < 1.29 is 4.74 Å². The van der Waals surface area contributed by atoms with Gasteiger partial charge in [-0.2, -0.15) is 0 Å². The van der Waals surface area contributed by atoms with Crippen LogP contribution in [0.3, 0.4) is 0 Å². The smallest absolute Gasteiger partial charge is 0.140 e. The standard InChI is InChI=1S/C15H19NO/c1-3-9-15(10-4-1)17-14-8-7-13-16-11-5-2-6-12-16/h1,3-4,9-10H,2,5-7,11-13H2. The molecule has 0 unspecified atom stereocenters. The second-order valence-corrected chi connectivity index (χ2v) is 4.35. The summed E-state index contributed by atoms with van der Waals surface area (Å²) < 4.78 is 5.32. The Morgan fingerprint density at radius 1 is 1.06 bits per heavy atom. The van der Waals surface area contributed by atoms with E-state index in [4.69, 9.17) is 4.74 Å². The van der Waals surface area contributed by atoms with Gasteiger partial charge in [-0.05, 0) is 38.1 Å². The average molecular weight is 229 g/mol. The van der Waals surface area contributed by atoms with Gasteiger partial charge in [0.1, 0.15) is 11.9 Å². The van der Waals surface area contributed by atoms with E-state index >= 15 is 0 Å². The fourth-order valence-corrected chi connectivity index (χ4v) is 2.03. The maximum atomic E-state index is 5.32. The first-order chi connectivity index (χ1) is 8.45. The van der Waals surface area contributed by atoms with Gasteiger partial charge in [0.2, 0.25) is 0 Å². The third-order valence-electron chi connectivity index (χ3n) is 2.99. The minimum atomic E-state index is 0.818. The van der Waals surface area contributed by atoms with E-state index in [1.54, 1.807) is 0 Å². The van der Waals surface area contributed by atoms with E-state index in [1.807, 2.05) is 30.3 Å². The van der Waals surface area contributed by atoms with Gasteiger partial charge in [0.05, 0.1) is 0 Å². The summed E-state index contributed by atoms with van der Waals surface area (Å²) in [4.78, 5) is 2.49. The molecule has 1 aliphatic heterocycles. The molecule has 1 saturated heterocycles. The second kappa shape index (κ2) is 6.98. The Hall–Kier alpha value is -1.46. The van der Waals surface area contributed by atoms with Gasteiger partial charge in [0, 0.05) is 13.0 Å². The molecule has 2 nitrogen and oxygen atoms in total. The maximum Gasteiger partial charge on any atom is 0.140 e. The van der Waals surface area contributed by atoms with Crippen molar-refractivity contribution in [1.29, 1.82) is 0 Å². The van der Waals surface area contributed by atoms with Gasteiger partial charge in [-0.15, -0.1) is 0 Å². The lowest BCUT2D eigenvalue weighted by Crippen LogP contribution is -2.30. The molecular weight excluding hydrogens is 210 g/mol. The van der Waals surface area contributed by atoms with Crippen LogP contribution in [-0.4, -0.2) is 24.5 Å². The molecule has 0 atom stereocenters. The molecule has 1 aliphatic rings. The lowest BCUT2D eigenvalue weighted by molar-refractivity contribution is 0.234. The van der Waals surface area contributed by atoms with Crippen LogP contribution in [0.1, 0.15) is 25.7 Å². The SMILES string of the molecule is C(#COc1ccccc1)CCN1CCCCC1. The predicted molar refractivity (Wildman–Crippen MR) is 69.8 cm³/mol. The van der Waals surface area contributed by atoms with Gasteiger partial charge in [-0.3, -0.25) is 0 Å². The number of rotatable bonds is 3. The summed E-state index contributed by atoms with van der Waals surface area (Å²) in [6.07, 6.45) is 7.73. The Morgan fingerprint density at radius 2 is 1.82 bits per heavy atom. The number of benzene rings is 1. The van der Waals surface area contributed by atoms with E-state index in [0.29, 0.717) is 0 Å². The van der Waals surface area contributed by atoms with Crippen LogP contribution >= 0.6 is 0 Å². The molecule has 90 valence electrons. The molecule has 0 N–H and O–H groups in total. The van der Waals surface area contributed by atoms with Crippen LogP contribution in [0, 0.1) is 12.0 Å². The summed E-state index contributed by atoms with van der Waals surface area (Å²) in [5.74, 6) is 3.88. The van der Waals surface area contributed by atoms with Gasteiger partial charge in [-0.1, -0.05) is 30.5 Å². The molecule has 0 spiro atoms. The first-order valence-electron chi connectivity index (χ1n) is 6.37. The Labute approximate surface area is 104 Å². The van der Waals surface area contributed by atoms with Crippen molar-refractivity contribution in [3.63, 3.8) is 0 Å². The van der Waals surface area contributed by atoms with Crippen molar-refractivity contribution in [2.24, 2.45) is 0 Å². The first-order valence-corrected chi connectivity index (χ1v) is 6.37. The van der Waals surface area contributed by atoms with Gasteiger partial charge in [-0.25, -0.2) is 0 Å². The van der Waals surface area contributed by atoms with Crippen molar-refractivity contribution >= 4 is 0 Å². The van der Waals surface area contributed by atoms with Gasteiger partial charge in [0.15, 0.2) is 0 Å². The minimum Gasteiger partial charge on any atom is -0.408 e.